The molecule has 19 nitrogen and oxygen atoms in total. The van der Waals surface area contributed by atoms with Crippen molar-refractivity contribution in [2.75, 3.05) is 25.6 Å². The van der Waals surface area contributed by atoms with Gasteiger partial charge in [0.25, 0.3) is 0 Å². The molecule has 0 amide bonds. The zero-order valence-electron chi connectivity index (χ0n) is 40.8. The standard InChI is InChI=1S/C48H81N3O16P2/c1-3-5-7-9-11-12-13-14-15-16-17-18-19-23-27-31-43(52)61-35-38(64-44(53)32-28-24-20-22-26-30-40-39(65-40)29-25-21-10-8-6-4-2)36-62-68(57,58)67-69(59,60)63-37-41-45(54)46(55)47(66-41)51-34-33-42(49)50-48(51)56/h11-12,14-15,21,25,33-34,38-41,45-47,54-55H,3-10,13,16-20,22-24,26-32,35-37H2,1-2H3,(H,57,58)(H,59,60)(H2,49,50,56)/b12-11-,15-14-,25-21-/t38-,39?,40?,41-,45-,46-,47-/m1/s1. The van der Waals surface area contributed by atoms with Crippen LogP contribution in [0.25, 0.3) is 0 Å². The van der Waals surface area contributed by atoms with Gasteiger partial charge in [0.1, 0.15) is 30.7 Å². The predicted molar refractivity (Wildman–Crippen MR) is 261 cm³/mol. The molecule has 9 atom stereocenters. The van der Waals surface area contributed by atoms with E-state index in [2.05, 4.69) is 59.6 Å². The maximum atomic E-state index is 12.9. The molecule has 0 radical (unpaired) electrons. The number of nitrogen functional groups attached to an aromatic ring is 1. The van der Waals surface area contributed by atoms with E-state index in [9.17, 15) is 43.5 Å². The van der Waals surface area contributed by atoms with Crippen molar-refractivity contribution in [3.63, 3.8) is 0 Å². The van der Waals surface area contributed by atoms with Crippen LogP contribution >= 0.6 is 15.6 Å². The Hall–Kier alpha value is -3.06. The van der Waals surface area contributed by atoms with Gasteiger partial charge in [-0.05, 0) is 76.7 Å². The van der Waals surface area contributed by atoms with Crippen molar-refractivity contribution in [3.8, 4) is 0 Å². The third-order valence-electron chi connectivity index (χ3n) is 11.6. The number of phosphoric ester groups is 2. The van der Waals surface area contributed by atoms with Crippen LogP contribution in [0.15, 0.2) is 53.5 Å². The van der Waals surface area contributed by atoms with Gasteiger partial charge in [-0.2, -0.15) is 9.29 Å². The maximum Gasteiger partial charge on any atom is 0.481 e. The molecule has 21 heteroatoms. The average molecular weight is 1020 g/mol. The summed E-state index contributed by atoms with van der Waals surface area (Å²) in [6.45, 7) is 2.06. The Bertz CT molecular complexity index is 1860. The molecular weight excluding hydrogens is 936 g/mol. The smallest absolute Gasteiger partial charge is 0.462 e. The molecule has 2 aliphatic rings. The molecule has 6 N–H and O–H groups in total. The summed E-state index contributed by atoms with van der Waals surface area (Å²) in [5, 5.41) is 20.9. The maximum absolute atomic E-state index is 12.9. The van der Waals surface area contributed by atoms with Crippen molar-refractivity contribution in [2.24, 2.45) is 0 Å². The van der Waals surface area contributed by atoms with Crippen LogP contribution in [0.5, 0.6) is 0 Å². The first-order valence-corrected chi connectivity index (χ1v) is 28.1. The fourth-order valence-corrected chi connectivity index (χ4v) is 9.69. The molecule has 4 unspecified atom stereocenters. The summed E-state index contributed by atoms with van der Waals surface area (Å²) in [6.07, 6.45) is 29.5. The number of aromatic nitrogens is 2. The van der Waals surface area contributed by atoms with Crippen LogP contribution in [0.3, 0.4) is 0 Å². The highest BCUT2D eigenvalue weighted by Gasteiger charge is 2.46. The molecule has 0 saturated carbocycles. The van der Waals surface area contributed by atoms with E-state index in [1.54, 1.807) is 0 Å². The molecule has 0 bridgehead atoms. The number of phosphoric acid groups is 2. The van der Waals surface area contributed by atoms with Crippen LogP contribution in [0.2, 0.25) is 0 Å². The first-order valence-electron chi connectivity index (χ1n) is 25.1. The minimum absolute atomic E-state index is 0.0237. The summed E-state index contributed by atoms with van der Waals surface area (Å²) >= 11 is 0. The van der Waals surface area contributed by atoms with Crippen LogP contribution in [-0.4, -0.2) is 97.9 Å². The third kappa shape index (κ3) is 26.8. The highest BCUT2D eigenvalue weighted by atomic mass is 31.3. The summed E-state index contributed by atoms with van der Waals surface area (Å²) in [6, 6.07) is 1.25. The number of carbonyl (C=O) groups is 2. The lowest BCUT2D eigenvalue weighted by molar-refractivity contribution is -0.161. The summed E-state index contributed by atoms with van der Waals surface area (Å²) in [5.41, 5.74) is 4.58. The number of aliphatic hydroxyl groups excluding tert-OH is 2. The number of allylic oxidation sites excluding steroid dienone is 5. The highest BCUT2D eigenvalue weighted by Crippen LogP contribution is 2.60. The molecular formula is C48H81N3O16P2. The number of unbranched alkanes of at least 4 members (excludes halogenated alkanes) is 15. The fourth-order valence-electron chi connectivity index (χ4n) is 7.58. The summed E-state index contributed by atoms with van der Waals surface area (Å²) in [5.74, 6) is -1.34. The molecule has 3 heterocycles. The molecule has 3 rings (SSSR count). The number of anilines is 1. The van der Waals surface area contributed by atoms with Gasteiger partial charge in [-0.3, -0.25) is 23.2 Å². The number of hydrogen-bond acceptors (Lipinski definition) is 16. The lowest BCUT2D eigenvalue weighted by Crippen LogP contribution is -2.36. The van der Waals surface area contributed by atoms with Gasteiger partial charge in [-0.25, -0.2) is 13.9 Å². The minimum Gasteiger partial charge on any atom is -0.462 e. The van der Waals surface area contributed by atoms with E-state index in [1.165, 1.54) is 44.6 Å². The first-order chi connectivity index (χ1) is 33.1. The Labute approximate surface area is 408 Å². The minimum atomic E-state index is -5.43. The van der Waals surface area contributed by atoms with E-state index in [0.29, 0.717) is 25.0 Å². The van der Waals surface area contributed by atoms with E-state index >= 15 is 0 Å². The Morgan fingerprint density at radius 2 is 1.30 bits per heavy atom. The molecule has 0 aliphatic carbocycles. The van der Waals surface area contributed by atoms with Crippen LogP contribution in [0, 0.1) is 0 Å². The zero-order valence-corrected chi connectivity index (χ0v) is 42.6. The Kier molecular flexibility index (Phi) is 30.0. The number of nitrogens with zero attached hydrogens (tertiary/aromatic N) is 2. The van der Waals surface area contributed by atoms with Gasteiger partial charge in [-0.15, -0.1) is 0 Å². The lowest BCUT2D eigenvalue weighted by Gasteiger charge is -2.21. The fraction of sp³-hybridized carbons (Fsp3) is 0.750. The van der Waals surface area contributed by atoms with E-state index in [4.69, 9.17) is 33.7 Å². The Morgan fingerprint density at radius 1 is 0.725 bits per heavy atom. The van der Waals surface area contributed by atoms with Crippen LogP contribution in [0.1, 0.15) is 174 Å². The summed E-state index contributed by atoms with van der Waals surface area (Å²) in [7, 11) is -10.9. The van der Waals surface area contributed by atoms with E-state index in [0.717, 1.165) is 101 Å². The topological polar surface area (TPSA) is 278 Å². The number of epoxide rings is 1. The number of hydrogen-bond donors (Lipinski definition) is 5. The second kappa shape index (κ2) is 34.3. The van der Waals surface area contributed by atoms with Gasteiger partial charge in [-0.1, -0.05) is 121 Å². The number of carbonyl (C=O) groups excluding carboxylic acids is 2. The largest absolute Gasteiger partial charge is 0.481 e. The third-order valence-corrected chi connectivity index (χ3v) is 14.2. The molecule has 1 aromatic heterocycles. The molecule has 0 spiro atoms. The van der Waals surface area contributed by atoms with E-state index in [1.807, 2.05) is 0 Å². The zero-order chi connectivity index (χ0) is 50.3. The van der Waals surface area contributed by atoms with Gasteiger partial charge < -0.3 is 44.7 Å². The summed E-state index contributed by atoms with van der Waals surface area (Å²) in [4.78, 5) is 61.9. The van der Waals surface area contributed by atoms with Crippen LogP contribution in [-0.2, 0) is 51.0 Å². The molecule has 2 aliphatic heterocycles. The van der Waals surface area contributed by atoms with Gasteiger partial charge >= 0.3 is 33.3 Å². The van der Waals surface area contributed by atoms with Gasteiger partial charge in [0.05, 0.1) is 25.4 Å². The van der Waals surface area contributed by atoms with Gasteiger partial charge in [0.15, 0.2) is 12.3 Å². The second-order valence-corrected chi connectivity index (χ2v) is 20.7. The van der Waals surface area contributed by atoms with Crippen LogP contribution < -0.4 is 11.4 Å². The monoisotopic (exact) mass is 1020 g/mol. The van der Waals surface area contributed by atoms with Crippen LogP contribution in [0.4, 0.5) is 5.82 Å². The molecule has 2 fully saturated rings. The van der Waals surface area contributed by atoms with Gasteiger partial charge in [0, 0.05) is 19.0 Å². The number of esters is 2. The summed E-state index contributed by atoms with van der Waals surface area (Å²) < 4.78 is 62.6. The van der Waals surface area contributed by atoms with Crippen molar-refractivity contribution < 1.29 is 71.0 Å². The van der Waals surface area contributed by atoms with Crippen molar-refractivity contribution in [3.05, 3.63) is 59.2 Å². The number of nitrogens with two attached hydrogens (primary N) is 1. The Morgan fingerprint density at radius 3 is 1.96 bits per heavy atom. The molecule has 1 aromatic rings. The molecule has 69 heavy (non-hydrogen) atoms. The highest BCUT2D eigenvalue weighted by molar-refractivity contribution is 7.61. The molecule has 394 valence electrons. The van der Waals surface area contributed by atoms with Crippen molar-refractivity contribution in [1.82, 2.24) is 9.55 Å². The normalized spacial score (nSPS) is 22.6. The second-order valence-electron chi connectivity index (χ2n) is 17.7. The van der Waals surface area contributed by atoms with Gasteiger partial charge in [0.2, 0.25) is 0 Å². The van der Waals surface area contributed by atoms with E-state index < -0.39 is 83.7 Å². The number of rotatable bonds is 40. The van der Waals surface area contributed by atoms with E-state index in [-0.39, 0.29) is 18.7 Å². The molecule has 2 saturated heterocycles. The number of ether oxygens (including phenoxy) is 4. The lowest BCUT2D eigenvalue weighted by atomic mass is 10.1. The SMILES string of the molecule is CCCCC/C=C\C/C=C\CCCCCCCC(=O)OC[C@H](COP(=O)(O)OP(=O)(O)OC[C@H]1O[C@@H](n2ccc(N)nc2=O)[C@H](O)[C@@H]1O)OC(=O)CCCCCCCC1OC1C/C=C\CCCCC. The quantitative estimate of drug-likeness (QED) is 0.0135. The first kappa shape index (κ1) is 60.2. The average Bonchev–Trinajstić information content (AvgIpc) is 3.99. The number of aliphatic hydroxyl groups is 2. The van der Waals surface area contributed by atoms with Crippen molar-refractivity contribution >= 4 is 33.4 Å². The Balaban J connectivity index is 1.41. The predicted octanol–water partition coefficient (Wildman–Crippen LogP) is 8.99. The molecule has 0 aromatic carbocycles. The van der Waals surface area contributed by atoms with Crippen molar-refractivity contribution in [2.45, 2.75) is 211 Å². The van der Waals surface area contributed by atoms with Crippen molar-refractivity contribution in [1.29, 1.82) is 0 Å².